The molecule has 3 aromatic rings. The summed E-state index contributed by atoms with van der Waals surface area (Å²) in [5.41, 5.74) is 1.38. The lowest BCUT2D eigenvalue weighted by Crippen LogP contribution is -2.47. The van der Waals surface area contributed by atoms with Crippen LogP contribution in [-0.4, -0.2) is 31.9 Å². The van der Waals surface area contributed by atoms with Crippen LogP contribution in [0.25, 0.3) is 22.3 Å². The van der Waals surface area contributed by atoms with Gasteiger partial charge in [-0.25, -0.2) is 0 Å². The molecule has 0 saturated carbocycles. The summed E-state index contributed by atoms with van der Waals surface area (Å²) < 4.78 is 18.3. The van der Waals surface area contributed by atoms with Crippen LogP contribution in [0.3, 0.4) is 0 Å². The predicted octanol–water partition coefficient (Wildman–Crippen LogP) is 5.20. The van der Waals surface area contributed by atoms with E-state index < -0.39 is 0 Å². The third-order valence-corrected chi connectivity index (χ3v) is 5.51. The van der Waals surface area contributed by atoms with E-state index in [1.54, 1.807) is 12.1 Å². The van der Waals surface area contributed by atoms with Crippen molar-refractivity contribution in [1.82, 2.24) is 5.32 Å². The Kier molecular flexibility index (Phi) is 8.52. The van der Waals surface area contributed by atoms with E-state index in [2.05, 4.69) is 12.2 Å². The van der Waals surface area contributed by atoms with E-state index in [1.807, 2.05) is 42.5 Å². The van der Waals surface area contributed by atoms with E-state index in [4.69, 9.17) is 13.9 Å². The van der Waals surface area contributed by atoms with Gasteiger partial charge in [0.25, 0.3) is 0 Å². The Hall–Kier alpha value is -2.34. The van der Waals surface area contributed by atoms with Crippen molar-refractivity contribution < 1.29 is 13.9 Å². The van der Waals surface area contributed by atoms with Crippen molar-refractivity contribution in [2.75, 3.05) is 19.7 Å². The van der Waals surface area contributed by atoms with E-state index in [-0.39, 0.29) is 30.0 Å². The highest BCUT2D eigenvalue weighted by atomic mass is 35.5. The Morgan fingerprint density at radius 1 is 1.13 bits per heavy atom. The molecule has 1 fully saturated rings. The number of rotatable bonds is 8. The number of morpholine rings is 1. The maximum atomic E-state index is 12.8. The molecule has 5 nitrogen and oxygen atoms in total. The fourth-order valence-corrected chi connectivity index (χ4v) is 3.87. The van der Waals surface area contributed by atoms with Crippen molar-refractivity contribution >= 4 is 23.4 Å². The summed E-state index contributed by atoms with van der Waals surface area (Å²) in [4.78, 5) is 12.8. The molecule has 2 atom stereocenters. The zero-order valence-corrected chi connectivity index (χ0v) is 18.7. The monoisotopic (exact) mass is 443 g/mol. The molecule has 31 heavy (non-hydrogen) atoms. The second-order valence-corrected chi connectivity index (χ2v) is 7.76. The van der Waals surface area contributed by atoms with Crippen molar-refractivity contribution in [3.8, 4) is 17.1 Å². The molecule has 0 bridgehead atoms. The Morgan fingerprint density at radius 2 is 1.97 bits per heavy atom. The van der Waals surface area contributed by atoms with Crippen molar-refractivity contribution in [3.05, 3.63) is 64.8 Å². The van der Waals surface area contributed by atoms with Crippen molar-refractivity contribution in [2.45, 2.75) is 44.8 Å². The van der Waals surface area contributed by atoms with Crippen molar-refractivity contribution in [1.29, 1.82) is 0 Å². The van der Waals surface area contributed by atoms with Gasteiger partial charge >= 0.3 is 0 Å². The number of fused-ring (bicyclic) bond motifs is 1. The summed E-state index contributed by atoms with van der Waals surface area (Å²) in [5, 5.41) is 3.91. The molecule has 2 unspecified atom stereocenters. The molecular weight excluding hydrogens is 414 g/mol. The molecule has 1 aliphatic rings. The third kappa shape index (κ3) is 5.88. The Morgan fingerprint density at radius 3 is 2.71 bits per heavy atom. The van der Waals surface area contributed by atoms with Crippen LogP contribution in [0.15, 0.2) is 63.8 Å². The highest BCUT2D eigenvalue weighted by Crippen LogP contribution is 2.26. The molecule has 1 saturated heterocycles. The quantitative estimate of drug-likeness (QED) is 0.485. The van der Waals surface area contributed by atoms with Gasteiger partial charge in [-0.2, -0.15) is 0 Å². The Labute approximate surface area is 189 Å². The number of benzene rings is 2. The summed E-state index contributed by atoms with van der Waals surface area (Å²) in [6, 6.07) is 16.7. The predicted molar refractivity (Wildman–Crippen MR) is 126 cm³/mol. The molecule has 1 N–H and O–H groups in total. The first kappa shape index (κ1) is 23.3. The van der Waals surface area contributed by atoms with Gasteiger partial charge < -0.3 is 19.2 Å². The molecule has 1 aromatic heterocycles. The van der Waals surface area contributed by atoms with Gasteiger partial charge in [0.2, 0.25) is 0 Å². The Bertz CT molecular complexity index is 1010. The summed E-state index contributed by atoms with van der Waals surface area (Å²) >= 11 is 0. The van der Waals surface area contributed by atoms with Crippen LogP contribution in [0.4, 0.5) is 0 Å². The van der Waals surface area contributed by atoms with E-state index >= 15 is 0 Å². The molecule has 2 heterocycles. The van der Waals surface area contributed by atoms with Gasteiger partial charge in [0.1, 0.15) is 29.3 Å². The van der Waals surface area contributed by atoms with Gasteiger partial charge in [0, 0.05) is 24.7 Å². The molecule has 0 radical (unpaired) electrons. The SMILES string of the molecule is CCCCCC(Oc1ccc2oc(-c3ccccc3)cc(=O)c2c1)C1CNCCO1.Cl. The number of unbranched alkanes of at least 4 members (excludes halogenated alkanes) is 2. The first-order valence-electron chi connectivity index (χ1n) is 10.9. The second-order valence-electron chi connectivity index (χ2n) is 7.76. The summed E-state index contributed by atoms with van der Waals surface area (Å²) in [7, 11) is 0. The first-order valence-corrected chi connectivity index (χ1v) is 10.9. The number of hydrogen-bond acceptors (Lipinski definition) is 5. The van der Waals surface area contributed by atoms with Gasteiger partial charge in [-0.3, -0.25) is 4.79 Å². The Balaban J connectivity index is 0.00000272. The van der Waals surface area contributed by atoms with Gasteiger partial charge in [0.15, 0.2) is 5.43 Å². The van der Waals surface area contributed by atoms with Gasteiger partial charge in [-0.05, 0) is 31.0 Å². The van der Waals surface area contributed by atoms with Crippen LogP contribution >= 0.6 is 12.4 Å². The summed E-state index contributed by atoms with van der Waals surface area (Å²) in [6.07, 6.45) is 4.33. The zero-order chi connectivity index (χ0) is 20.8. The van der Waals surface area contributed by atoms with Crippen LogP contribution in [0.1, 0.15) is 32.6 Å². The number of hydrogen-bond donors (Lipinski definition) is 1. The smallest absolute Gasteiger partial charge is 0.193 e. The second kappa shape index (κ2) is 11.3. The number of halogens is 1. The van der Waals surface area contributed by atoms with Crippen LogP contribution in [0, 0.1) is 0 Å². The average molecular weight is 444 g/mol. The lowest BCUT2D eigenvalue weighted by molar-refractivity contribution is -0.0450. The van der Waals surface area contributed by atoms with E-state index in [1.165, 1.54) is 6.42 Å². The van der Waals surface area contributed by atoms with Crippen molar-refractivity contribution in [3.63, 3.8) is 0 Å². The normalized spacial score (nSPS) is 17.1. The van der Waals surface area contributed by atoms with E-state index in [9.17, 15) is 4.79 Å². The van der Waals surface area contributed by atoms with Crippen LogP contribution < -0.4 is 15.5 Å². The average Bonchev–Trinajstić information content (AvgIpc) is 2.80. The molecule has 0 amide bonds. The largest absolute Gasteiger partial charge is 0.488 e. The van der Waals surface area contributed by atoms with Crippen LogP contribution in [0.2, 0.25) is 0 Å². The molecule has 1 aliphatic heterocycles. The van der Waals surface area contributed by atoms with E-state index in [0.29, 0.717) is 29.1 Å². The minimum absolute atomic E-state index is 0. The first-order chi connectivity index (χ1) is 14.7. The molecule has 2 aromatic carbocycles. The maximum absolute atomic E-state index is 12.8. The van der Waals surface area contributed by atoms with Crippen LogP contribution in [-0.2, 0) is 4.74 Å². The van der Waals surface area contributed by atoms with E-state index in [0.717, 1.165) is 37.9 Å². The molecule has 0 aliphatic carbocycles. The minimum atomic E-state index is -0.0707. The number of ether oxygens (including phenoxy) is 2. The van der Waals surface area contributed by atoms with Gasteiger partial charge in [0.05, 0.1) is 12.0 Å². The summed E-state index contributed by atoms with van der Waals surface area (Å²) in [6.45, 7) is 4.55. The summed E-state index contributed by atoms with van der Waals surface area (Å²) in [5.74, 6) is 1.25. The lowest BCUT2D eigenvalue weighted by Gasteiger charge is -2.31. The van der Waals surface area contributed by atoms with Gasteiger partial charge in [-0.1, -0.05) is 50.1 Å². The molecule has 6 heteroatoms. The lowest BCUT2D eigenvalue weighted by atomic mass is 10.0. The highest BCUT2D eigenvalue weighted by Gasteiger charge is 2.26. The fourth-order valence-electron chi connectivity index (χ4n) is 3.87. The zero-order valence-electron chi connectivity index (χ0n) is 17.8. The minimum Gasteiger partial charge on any atom is -0.488 e. The molecular formula is C25H30ClNO4. The maximum Gasteiger partial charge on any atom is 0.193 e. The molecule has 166 valence electrons. The fraction of sp³-hybridized carbons (Fsp3) is 0.400. The topological polar surface area (TPSA) is 60.7 Å². The van der Waals surface area contributed by atoms with Crippen molar-refractivity contribution in [2.24, 2.45) is 0 Å². The molecule has 0 spiro atoms. The number of nitrogens with one attached hydrogen (secondary N) is 1. The standard InChI is InChI=1S/C25H29NO4.ClH/c1-2-3-5-10-23(25-17-26-13-14-28-25)29-19-11-12-22-20(15-19)21(27)16-24(30-22)18-8-6-4-7-9-18;/h4,6-9,11-12,15-16,23,25-26H,2-3,5,10,13-14,17H2,1H3;1H. The third-order valence-electron chi connectivity index (χ3n) is 5.51. The van der Waals surface area contributed by atoms with Gasteiger partial charge in [-0.15, -0.1) is 12.4 Å². The molecule has 4 rings (SSSR count). The van der Waals surface area contributed by atoms with Crippen LogP contribution in [0.5, 0.6) is 5.75 Å². The highest BCUT2D eigenvalue weighted by molar-refractivity contribution is 5.85.